The summed E-state index contributed by atoms with van der Waals surface area (Å²) < 4.78 is 1.51. The molecule has 42 heavy (non-hydrogen) atoms. The van der Waals surface area contributed by atoms with Crippen LogP contribution in [-0.2, 0) is 18.4 Å². The van der Waals surface area contributed by atoms with E-state index in [2.05, 4.69) is 74.5 Å². The van der Waals surface area contributed by atoms with Crippen LogP contribution in [0.15, 0.2) is 41.2 Å². The minimum absolute atomic E-state index is 0.157. The maximum Gasteiger partial charge on any atom is 0.350 e. The summed E-state index contributed by atoms with van der Waals surface area (Å²) in [5.41, 5.74) is 3.58. The average Bonchev–Trinajstić information content (AvgIpc) is 3.02. The van der Waals surface area contributed by atoms with Gasteiger partial charge in [-0.2, -0.15) is 4.98 Å². The predicted octanol–water partition coefficient (Wildman–Crippen LogP) is 3.98. The van der Waals surface area contributed by atoms with Crippen LogP contribution in [-0.4, -0.2) is 86.5 Å². The molecule has 0 aliphatic carbocycles. The van der Waals surface area contributed by atoms with Crippen LogP contribution in [0.1, 0.15) is 57.7 Å². The van der Waals surface area contributed by atoms with Gasteiger partial charge in [-0.3, -0.25) is 19.2 Å². The van der Waals surface area contributed by atoms with Crippen LogP contribution in [0.3, 0.4) is 0 Å². The Morgan fingerprint density at radius 3 is 2.31 bits per heavy atom. The van der Waals surface area contributed by atoms with Gasteiger partial charge < -0.3 is 14.6 Å². The molecule has 0 radical (unpaired) electrons. The Bertz CT molecular complexity index is 1520. The molecule has 0 spiro atoms. The highest BCUT2D eigenvalue weighted by Gasteiger charge is 2.37. The van der Waals surface area contributed by atoms with Crippen molar-refractivity contribution < 1.29 is 4.79 Å². The number of amides is 1. The van der Waals surface area contributed by atoms with Crippen molar-refractivity contribution in [3.05, 3.63) is 69.4 Å². The van der Waals surface area contributed by atoms with Gasteiger partial charge in [0.25, 0.3) is 5.82 Å². The Kier molecular flexibility index (Phi) is 8.90. The summed E-state index contributed by atoms with van der Waals surface area (Å²) in [4.78, 5) is 46.3. The molecule has 4 heterocycles. The molecule has 1 amide bonds. The fourth-order valence-corrected chi connectivity index (χ4v) is 6.45. The third-order valence-electron chi connectivity index (χ3n) is 9.17. The lowest BCUT2D eigenvalue weighted by molar-refractivity contribution is -0.130. The summed E-state index contributed by atoms with van der Waals surface area (Å²) in [6.45, 7) is 21.7. The van der Waals surface area contributed by atoms with Crippen LogP contribution < -0.4 is 10.6 Å². The Morgan fingerprint density at radius 2 is 1.69 bits per heavy atom. The van der Waals surface area contributed by atoms with Crippen molar-refractivity contribution in [2.45, 2.75) is 65.2 Å². The molecule has 222 valence electrons. The van der Waals surface area contributed by atoms with Crippen LogP contribution in [0.5, 0.6) is 0 Å². The van der Waals surface area contributed by atoms with E-state index >= 15 is 0 Å². The second kappa shape index (κ2) is 12.6. The van der Waals surface area contributed by atoms with E-state index in [1.807, 2.05) is 4.90 Å². The lowest BCUT2D eigenvalue weighted by Crippen LogP contribution is -2.59. The van der Waals surface area contributed by atoms with E-state index in [1.165, 1.54) is 15.7 Å². The normalized spacial score (nSPS) is 21.0. The van der Waals surface area contributed by atoms with Crippen molar-refractivity contribution in [1.29, 1.82) is 0 Å². The number of aromatic nitrogens is 3. The third-order valence-corrected chi connectivity index (χ3v) is 9.17. The molecule has 2 fully saturated rings. The number of anilines is 1. The van der Waals surface area contributed by atoms with Crippen LogP contribution >= 0.6 is 0 Å². The summed E-state index contributed by atoms with van der Waals surface area (Å²) in [6, 6.07) is 13.1. The first-order chi connectivity index (χ1) is 20.2. The van der Waals surface area contributed by atoms with Gasteiger partial charge >= 0.3 is 5.69 Å². The first kappa shape index (κ1) is 29.7. The van der Waals surface area contributed by atoms with Crippen molar-refractivity contribution in [3.63, 3.8) is 0 Å². The van der Waals surface area contributed by atoms with Crippen molar-refractivity contribution >= 4 is 28.6 Å². The van der Waals surface area contributed by atoms with Crippen LogP contribution in [0.25, 0.3) is 15.9 Å². The van der Waals surface area contributed by atoms with Gasteiger partial charge in [0.2, 0.25) is 11.4 Å². The maximum atomic E-state index is 12.9. The summed E-state index contributed by atoms with van der Waals surface area (Å²) in [7, 11) is 1.70. The van der Waals surface area contributed by atoms with Gasteiger partial charge in [-0.1, -0.05) is 44.7 Å². The molecular formula is C32H42N8O2. The van der Waals surface area contributed by atoms with E-state index in [0.717, 1.165) is 58.7 Å². The number of benzene rings is 1. The Morgan fingerprint density at radius 1 is 1.00 bits per heavy atom. The van der Waals surface area contributed by atoms with Crippen molar-refractivity contribution in [3.8, 4) is 0 Å². The quantitative estimate of drug-likeness (QED) is 0.398. The number of rotatable bonds is 7. The number of carbonyl (C=O) groups is 1. The van der Waals surface area contributed by atoms with Crippen molar-refractivity contribution in [2.24, 2.45) is 7.05 Å². The minimum Gasteiger partial charge on any atom is -0.361 e. The lowest BCUT2D eigenvalue weighted by Gasteiger charge is -2.49. The van der Waals surface area contributed by atoms with Crippen LogP contribution in [0.2, 0.25) is 0 Å². The number of aryl methyl sites for hydroxylation is 1. The largest absolute Gasteiger partial charge is 0.361 e. The number of hydrogen-bond donors (Lipinski definition) is 0. The molecule has 10 nitrogen and oxygen atoms in total. The van der Waals surface area contributed by atoms with E-state index in [9.17, 15) is 9.59 Å². The molecule has 10 heteroatoms. The van der Waals surface area contributed by atoms with Crippen molar-refractivity contribution in [2.75, 3.05) is 44.2 Å². The molecule has 0 bridgehead atoms. The number of piperazine rings is 2. The van der Waals surface area contributed by atoms with E-state index in [1.54, 1.807) is 26.1 Å². The molecule has 2 aliphatic heterocycles. The van der Waals surface area contributed by atoms with E-state index in [4.69, 9.17) is 6.57 Å². The Hall–Kier alpha value is -3.81. The molecule has 1 aromatic carbocycles. The minimum atomic E-state index is -0.311. The molecule has 5 rings (SSSR count). The highest BCUT2D eigenvalue weighted by Crippen LogP contribution is 2.34. The highest BCUT2D eigenvalue weighted by molar-refractivity contribution is 5.87. The maximum absolute atomic E-state index is 12.9. The standard InChI is InChI=1S/C32H42N8O2/c1-7-26-21-40(31-30-28(36(6)32(42)35-31)13-14-29(33-5)34-30)27(8-2)20-39(26)22(3)25-11-9-24(10-12-25)19-37-15-17-38(18-16-37)23(4)41/h9-14,22,26-27H,7-8,15-21H2,1-4,6H3/t22?,26-,27+/m1/s1. The van der Waals surface area contributed by atoms with Crippen LogP contribution in [0.4, 0.5) is 11.6 Å². The Balaban J connectivity index is 1.34. The zero-order valence-corrected chi connectivity index (χ0v) is 25.5. The number of hydrogen-bond acceptors (Lipinski definition) is 7. The molecule has 1 unspecified atom stereocenters. The zero-order chi connectivity index (χ0) is 30.0. The fraction of sp³-hybridized carbons (Fsp3) is 0.531. The van der Waals surface area contributed by atoms with Crippen LogP contribution in [0, 0.1) is 6.57 Å². The number of pyridine rings is 1. The lowest BCUT2D eigenvalue weighted by atomic mass is 9.96. The summed E-state index contributed by atoms with van der Waals surface area (Å²) in [6.07, 6.45) is 1.86. The van der Waals surface area contributed by atoms with Crippen molar-refractivity contribution in [1.82, 2.24) is 29.2 Å². The van der Waals surface area contributed by atoms with Gasteiger partial charge in [0.15, 0.2) is 5.82 Å². The summed E-state index contributed by atoms with van der Waals surface area (Å²) >= 11 is 0. The zero-order valence-electron chi connectivity index (χ0n) is 25.5. The number of fused-ring (bicyclic) bond motifs is 1. The van der Waals surface area contributed by atoms with Gasteiger partial charge in [-0.15, -0.1) is 4.98 Å². The first-order valence-electron chi connectivity index (χ1n) is 15.1. The van der Waals surface area contributed by atoms with E-state index in [-0.39, 0.29) is 29.7 Å². The number of carbonyl (C=O) groups excluding carboxylic acids is 1. The molecule has 0 saturated carbocycles. The monoisotopic (exact) mass is 570 g/mol. The van der Waals surface area contributed by atoms with Gasteiger partial charge in [-0.25, -0.2) is 4.79 Å². The van der Waals surface area contributed by atoms with E-state index < -0.39 is 0 Å². The average molecular weight is 571 g/mol. The highest BCUT2D eigenvalue weighted by atomic mass is 16.2. The molecule has 2 aromatic heterocycles. The molecule has 3 aromatic rings. The molecule has 0 N–H and O–H groups in total. The summed E-state index contributed by atoms with van der Waals surface area (Å²) in [5, 5.41) is 0. The van der Waals surface area contributed by atoms with Gasteiger partial charge in [-0.05, 0) is 43.0 Å². The summed E-state index contributed by atoms with van der Waals surface area (Å²) in [5.74, 6) is 1.05. The first-order valence-corrected chi connectivity index (χ1v) is 15.1. The number of nitrogens with zero attached hydrogens (tertiary/aromatic N) is 8. The third kappa shape index (κ3) is 5.90. The molecular weight excluding hydrogens is 528 g/mol. The topological polar surface area (TPSA) is 82.2 Å². The molecule has 2 aliphatic rings. The molecule has 3 atom stereocenters. The van der Waals surface area contributed by atoms with Gasteiger partial charge in [0.1, 0.15) is 0 Å². The van der Waals surface area contributed by atoms with E-state index in [0.29, 0.717) is 22.7 Å². The molecule has 2 saturated heterocycles. The smallest absolute Gasteiger partial charge is 0.350 e. The second-order valence-corrected chi connectivity index (χ2v) is 11.6. The predicted molar refractivity (Wildman–Crippen MR) is 166 cm³/mol. The Labute approximate surface area is 248 Å². The second-order valence-electron chi connectivity index (χ2n) is 11.6. The fourth-order valence-electron chi connectivity index (χ4n) is 6.45. The van der Waals surface area contributed by atoms with Gasteiger partial charge in [0, 0.05) is 77.9 Å². The van der Waals surface area contributed by atoms with Gasteiger partial charge in [0.05, 0.1) is 5.52 Å². The SMILES string of the molecule is [C-]#[N+]c1ccc2c(n1)c(N1C[C@@H](CC)N(C(C)c3ccc(CN4CCN(C(C)=O)CC4)cc3)C[C@@H]1CC)nc(=O)n2C.